The van der Waals surface area contributed by atoms with Crippen LogP contribution in [0.1, 0.15) is 34.9 Å². The molecule has 2 aromatic rings. The van der Waals surface area contributed by atoms with E-state index in [0.29, 0.717) is 18.3 Å². The first-order chi connectivity index (χ1) is 10.2. The van der Waals surface area contributed by atoms with E-state index in [0.717, 1.165) is 31.5 Å². The van der Waals surface area contributed by atoms with E-state index in [2.05, 4.69) is 26.0 Å². The number of nitrogens with one attached hydrogen (secondary N) is 2. The van der Waals surface area contributed by atoms with Crippen molar-refractivity contribution in [3.63, 3.8) is 0 Å². The van der Waals surface area contributed by atoms with Gasteiger partial charge in [-0.1, -0.05) is 5.21 Å². The zero-order valence-electron chi connectivity index (χ0n) is 12.0. The molecule has 1 saturated heterocycles. The zero-order valence-corrected chi connectivity index (χ0v) is 12.0. The highest BCUT2D eigenvalue weighted by atomic mass is 16.2. The highest BCUT2D eigenvalue weighted by Gasteiger charge is 2.18. The first-order valence-corrected chi connectivity index (χ1v) is 7.10. The Labute approximate surface area is 122 Å². The molecule has 1 aliphatic rings. The summed E-state index contributed by atoms with van der Waals surface area (Å²) in [6, 6.07) is 0.332. The van der Waals surface area contributed by atoms with Gasteiger partial charge in [0.25, 0.3) is 5.91 Å². The minimum absolute atomic E-state index is 0.209. The predicted octanol–water partition coefficient (Wildman–Crippen LogP) is -0.134. The molecule has 112 valence electrons. The van der Waals surface area contributed by atoms with Crippen LogP contribution in [0.4, 0.5) is 0 Å². The van der Waals surface area contributed by atoms with Gasteiger partial charge in [-0.15, -0.1) is 5.10 Å². The number of rotatable bonds is 4. The Bertz CT molecular complexity index is 612. The maximum absolute atomic E-state index is 12.1. The molecule has 1 fully saturated rings. The number of hydrogen-bond acceptors (Lipinski definition) is 5. The van der Waals surface area contributed by atoms with Gasteiger partial charge in [-0.25, -0.2) is 4.68 Å². The standard InChI is InChI=1S/C13H19N7O/c1-19-8-10(7-16-19)6-15-13(21)12-9-20(18-17-12)11-2-4-14-5-3-11/h7-9,11,14H,2-6H2,1H3,(H,15,21). The molecule has 0 saturated carbocycles. The normalized spacial score (nSPS) is 16.0. The van der Waals surface area contributed by atoms with Crippen LogP contribution in [0.5, 0.6) is 0 Å². The van der Waals surface area contributed by atoms with E-state index in [1.165, 1.54) is 0 Å². The number of aryl methyl sites for hydroxylation is 1. The topological polar surface area (TPSA) is 89.7 Å². The predicted molar refractivity (Wildman–Crippen MR) is 75.5 cm³/mol. The molecular weight excluding hydrogens is 270 g/mol. The van der Waals surface area contributed by atoms with Crippen LogP contribution in [-0.2, 0) is 13.6 Å². The van der Waals surface area contributed by atoms with Gasteiger partial charge in [-0.3, -0.25) is 9.48 Å². The Kier molecular flexibility index (Phi) is 3.96. The molecule has 0 aromatic carbocycles. The molecular formula is C13H19N7O. The molecule has 0 aliphatic carbocycles. The van der Waals surface area contributed by atoms with Gasteiger partial charge in [0.2, 0.25) is 0 Å². The molecule has 8 heteroatoms. The van der Waals surface area contributed by atoms with Crippen molar-refractivity contribution in [3.05, 3.63) is 29.8 Å². The number of aromatic nitrogens is 5. The molecule has 2 N–H and O–H groups in total. The quantitative estimate of drug-likeness (QED) is 0.818. The van der Waals surface area contributed by atoms with Crippen molar-refractivity contribution < 1.29 is 4.79 Å². The van der Waals surface area contributed by atoms with E-state index >= 15 is 0 Å². The van der Waals surface area contributed by atoms with E-state index in [-0.39, 0.29) is 5.91 Å². The van der Waals surface area contributed by atoms with E-state index in [4.69, 9.17) is 0 Å². The van der Waals surface area contributed by atoms with Crippen LogP contribution in [0.15, 0.2) is 18.6 Å². The molecule has 0 spiro atoms. The summed E-state index contributed by atoms with van der Waals surface area (Å²) in [6.07, 6.45) is 7.35. The average molecular weight is 289 g/mol. The molecule has 1 aliphatic heterocycles. The van der Waals surface area contributed by atoms with Crippen molar-refractivity contribution in [1.82, 2.24) is 35.4 Å². The van der Waals surface area contributed by atoms with Gasteiger partial charge in [0.1, 0.15) is 0 Å². The number of amides is 1. The van der Waals surface area contributed by atoms with Crippen molar-refractivity contribution in [3.8, 4) is 0 Å². The van der Waals surface area contributed by atoms with Crippen LogP contribution >= 0.6 is 0 Å². The Morgan fingerprint density at radius 1 is 1.43 bits per heavy atom. The third-order valence-electron chi connectivity index (χ3n) is 3.64. The summed E-state index contributed by atoms with van der Waals surface area (Å²) >= 11 is 0. The van der Waals surface area contributed by atoms with E-state index in [1.807, 2.05) is 13.2 Å². The fraction of sp³-hybridized carbons (Fsp3) is 0.538. The maximum atomic E-state index is 12.1. The van der Waals surface area contributed by atoms with Gasteiger partial charge >= 0.3 is 0 Å². The molecule has 21 heavy (non-hydrogen) atoms. The molecule has 0 radical (unpaired) electrons. The number of carbonyl (C=O) groups is 1. The lowest BCUT2D eigenvalue weighted by molar-refractivity contribution is 0.0946. The maximum Gasteiger partial charge on any atom is 0.273 e. The van der Waals surface area contributed by atoms with Crippen molar-refractivity contribution in [2.45, 2.75) is 25.4 Å². The van der Waals surface area contributed by atoms with Crippen molar-refractivity contribution >= 4 is 5.91 Å². The molecule has 0 bridgehead atoms. The highest BCUT2D eigenvalue weighted by Crippen LogP contribution is 2.16. The van der Waals surface area contributed by atoms with Crippen molar-refractivity contribution in [2.24, 2.45) is 7.05 Å². The lowest BCUT2D eigenvalue weighted by Crippen LogP contribution is -2.29. The SMILES string of the molecule is Cn1cc(CNC(=O)c2cn(C3CCNCC3)nn2)cn1. The Balaban J connectivity index is 1.58. The second kappa shape index (κ2) is 6.04. The van der Waals surface area contributed by atoms with Crippen LogP contribution in [0.25, 0.3) is 0 Å². The highest BCUT2D eigenvalue weighted by molar-refractivity contribution is 5.91. The first kappa shape index (κ1) is 13.7. The number of piperidine rings is 1. The summed E-state index contributed by atoms with van der Waals surface area (Å²) in [4.78, 5) is 12.1. The Morgan fingerprint density at radius 2 is 2.24 bits per heavy atom. The average Bonchev–Trinajstić information content (AvgIpc) is 3.15. The van der Waals surface area contributed by atoms with E-state index in [1.54, 1.807) is 21.8 Å². The Morgan fingerprint density at radius 3 is 2.95 bits per heavy atom. The lowest BCUT2D eigenvalue weighted by Gasteiger charge is -2.22. The fourth-order valence-corrected chi connectivity index (χ4v) is 2.47. The van der Waals surface area contributed by atoms with Crippen LogP contribution in [0.3, 0.4) is 0 Å². The summed E-state index contributed by atoms with van der Waals surface area (Å²) in [7, 11) is 1.84. The minimum atomic E-state index is -0.209. The third kappa shape index (κ3) is 3.27. The largest absolute Gasteiger partial charge is 0.346 e. The fourth-order valence-electron chi connectivity index (χ4n) is 2.47. The lowest BCUT2D eigenvalue weighted by atomic mass is 10.1. The molecule has 2 aromatic heterocycles. The molecule has 8 nitrogen and oxygen atoms in total. The van der Waals surface area contributed by atoms with Gasteiger partial charge in [-0.05, 0) is 25.9 Å². The monoisotopic (exact) mass is 289 g/mol. The number of nitrogens with zero attached hydrogens (tertiary/aromatic N) is 5. The van der Waals surface area contributed by atoms with Crippen molar-refractivity contribution in [2.75, 3.05) is 13.1 Å². The number of carbonyl (C=O) groups excluding carboxylic acids is 1. The zero-order chi connectivity index (χ0) is 14.7. The van der Waals surface area contributed by atoms with Crippen LogP contribution in [0, 0.1) is 0 Å². The van der Waals surface area contributed by atoms with Gasteiger partial charge in [0.05, 0.1) is 18.4 Å². The Hall–Kier alpha value is -2.22. The van der Waals surface area contributed by atoms with E-state index < -0.39 is 0 Å². The molecule has 3 heterocycles. The van der Waals surface area contributed by atoms with E-state index in [9.17, 15) is 4.79 Å². The smallest absolute Gasteiger partial charge is 0.273 e. The minimum Gasteiger partial charge on any atom is -0.346 e. The molecule has 0 atom stereocenters. The number of hydrogen-bond donors (Lipinski definition) is 2. The second-order valence-corrected chi connectivity index (χ2v) is 5.27. The third-order valence-corrected chi connectivity index (χ3v) is 3.64. The first-order valence-electron chi connectivity index (χ1n) is 7.10. The summed E-state index contributed by atoms with van der Waals surface area (Å²) < 4.78 is 3.51. The van der Waals surface area contributed by atoms with Crippen LogP contribution < -0.4 is 10.6 Å². The van der Waals surface area contributed by atoms with Crippen LogP contribution in [-0.4, -0.2) is 43.8 Å². The van der Waals surface area contributed by atoms with Gasteiger partial charge in [0.15, 0.2) is 5.69 Å². The van der Waals surface area contributed by atoms with Crippen molar-refractivity contribution in [1.29, 1.82) is 0 Å². The molecule has 1 amide bonds. The van der Waals surface area contributed by atoms with Gasteiger partial charge < -0.3 is 10.6 Å². The summed E-state index contributed by atoms with van der Waals surface area (Å²) in [6.45, 7) is 2.40. The summed E-state index contributed by atoms with van der Waals surface area (Å²) in [5.41, 5.74) is 1.31. The van der Waals surface area contributed by atoms with Gasteiger partial charge in [0, 0.05) is 25.4 Å². The summed E-state index contributed by atoms with van der Waals surface area (Å²) in [5, 5.41) is 18.2. The molecule has 0 unspecified atom stereocenters. The molecule has 3 rings (SSSR count). The van der Waals surface area contributed by atoms with Gasteiger partial charge in [-0.2, -0.15) is 5.10 Å². The van der Waals surface area contributed by atoms with Crippen LogP contribution in [0.2, 0.25) is 0 Å². The second-order valence-electron chi connectivity index (χ2n) is 5.27. The summed E-state index contributed by atoms with van der Waals surface area (Å²) in [5.74, 6) is -0.209.